The molecule has 0 radical (unpaired) electrons. The molecule has 0 saturated carbocycles. The SMILES string of the molecule is CCOC(=O)c1sc(N2N=C(C)/C(=C\c3ccc4c(c3)OCO4)C2=O)nc1C. The molecule has 2 aromatic rings. The second kappa shape index (κ2) is 7.08. The van der Waals surface area contributed by atoms with Gasteiger partial charge < -0.3 is 14.2 Å². The standard InChI is InChI=1S/C19H17N3O5S/c1-4-25-18(24)16-11(3)20-19(28-16)22-17(23)13(10(2)21-22)7-12-5-6-14-15(8-12)27-9-26-14/h5-8H,4,9H2,1-3H3/b13-7+. The molecule has 28 heavy (non-hydrogen) atoms. The van der Waals surface area contributed by atoms with Crippen LogP contribution in [0, 0.1) is 6.92 Å². The predicted molar refractivity (Wildman–Crippen MR) is 104 cm³/mol. The Balaban J connectivity index is 1.62. The number of hydrazone groups is 1. The largest absolute Gasteiger partial charge is 0.462 e. The molecule has 3 heterocycles. The van der Waals surface area contributed by atoms with Gasteiger partial charge in [0.1, 0.15) is 4.88 Å². The zero-order valence-corrected chi connectivity index (χ0v) is 16.3. The van der Waals surface area contributed by atoms with Crippen molar-refractivity contribution in [3.63, 3.8) is 0 Å². The number of anilines is 1. The highest BCUT2D eigenvalue weighted by Gasteiger charge is 2.32. The molecule has 0 spiro atoms. The highest BCUT2D eigenvalue weighted by molar-refractivity contribution is 7.17. The molecule has 0 atom stereocenters. The van der Waals surface area contributed by atoms with E-state index in [4.69, 9.17) is 14.2 Å². The lowest BCUT2D eigenvalue weighted by Crippen LogP contribution is -2.21. The van der Waals surface area contributed by atoms with E-state index in [1.165, 1.54) is 5.01 Å². The fourth-order valence-electron chi connectivity index (χ4n) is 2.84. The van der Waals surface area contributed by atoms with Gasteiger partial charge in [0.05, 0.1) is 23.6 Å². The molecule has 0 saturated heterocycles. The van der Waals surface area contributed by atoms with E-state index in [0.717, 1.165) is 16.9 Å². The Morgan fingerprint density at radius 1 is 1.32 bits per heavy atom. The van der Waals surface area contributed by atoms with Crippen LogP contribution in [0.1, 0.15) is 34.8 Å². The van der Waals surface area contributed by atoms with E-state index >= 15 is 0 Å². The molecule has 0 unspecified atom stereocenters. The van der Waals surface area contributed by atoms with Crippen molar-refractivity contribution in [3.05, 3.63) is 39.9 Å². The second-order valence-corrected chi connectivity index (χ2v) is 7.08. The molecule has 0 bridgehead atoms. The molecular formula is C19H17N3O5S. The number of amides is 1. The summed E-state index contributed by atoms with van der Waals surface area (Å²) in [7, 11) is 0. The van der Waals surface area contributed by atoms with Gasteiger partial charge in [-0.2, -0.15) is 10.1 Å². The molecule has 9 heteroatoms. The molecule has 0 aliphatic carbocycles. The maximum Gasteiger partial charge on any atom is 0.350 e. The van der Waals surface area contributed by atoms with E-state index in [2.05, 4.69) is 10.1 Å². The molecule has 0 N–H and O–H groups in total. The van der Waals surface area contributed by atoms with Crippen molar-refractivity contribution in [2.24, 2.45) is 5.10 Å². The number of aryl methyl sites for hydroxylation is 1. The molecule has 0 fully saturated rings. The Morgan fingerprint density at radius 3 is 2.89 bits per heavy atom. The van der Waals surface area contributed by atoms with Crippen molar-refractivity contribution in [3.8, 4) is 11.5 Å². The number of hydrogen-bond acceptors (Lipinski definition) is 8. The molecule has 144 valence electrons. The van der Waals surface area contributed by atoms with Crippen LogP contribution in [0.4, 0.5) is 5.13 Å². The Hall–Kier alpha value is -3.20. The highest BCUT2D eigenvalue weighted by Crippen LogP contribution is 2.34. The van der Waals surface area contributed by atoms with Crippen LogP contribution >= 0.6 is 11.3 Å². The van der Waals surface area contributed by atoms with E-state index < -0.39 is 5.97 Å². The minimum atomic E-state index is -0.452. The van der Waals surface area contributed by atoms with Crippen molar-refractivity contribution < 1.29 is 23.8 Å². The minimum absolute atomic E-state index is 0.189. The maximum absolute atomic E-state index is 12.9. The lowest BCUT2D eigenvalue weighted by atomic mass is 10.1. The molecule has 2 aliphatic heterocycles. The molecule has 1 amide bonds. The van der Waals surface area contributed by atoms with Crippen LogP contribution in [0.3, 0.4) is 0 Å². The predicted octanol–water partition coefficient (Wildman–Crippen LogP) is 3.16. The molecule has 1 aromatic carbocycles. The Labute approximate surface area is 165 Å². The van der Waals surface area contributed by atoms with Crippen molar-refractivity contribution in [1.82, 2.24) is 4.98 Å². The van der Waals surface area contributed by atoms with Crippen molar-refractivity contribution in [2.45, 2.75) is 20.8 Å². The third kappa shape index (κ3) is 3.13. The van der Waals surface area contributed by atoms with Crippen LogP contribution in [0.5, 0.6) is 11.5 Å². The molecule has 1 aromatic heterocycles. The highest BCUT2D eigenvalue weighted by atomic mass is 32.1. The number of esters is 1. The smallest absolute Gasteiger partial charge is 0.350 e. The van der Waals surface area contributed by atoms with Crippen LogP contribution in [-0.2, 0) is 9.53 Å². The number of carbonyl (C=O) groups excluding carboxylic acids is 2. The Kier molecular flexibility index (Phi) is 4.60. The summed E-state index contributed by atoms with van der Waals surface area (Å²) in [6, 6.07) is 5.45. The number of nitrogens with zero attached hydrogens (tertiary/aromatic N) is 3. The van der Waals surface area contributed by atoms with Crippen molar-refractivity contribution in [2.75, 3.05) is 18.4 Å². The van der Waals surface area contributed by atoms with Crippen LogP contribution in [0.15, 0.2) is 28.9 Å². The fraction of sp³-hybridized carbons (Fsp3) is 0.263. The topological polar surface area (TPSA) is 90.3 Å². The Bertz CT molecular complexity index is 1040. The third-order valence-electron chi connectivity index (χ3n) is 4.20. The summed E-state index contributed by atoms with van der Waals surface area (Å²) in [5.74, 6) is 0.559. The van der Waals surface area contributed by atoms with Gasteiger partial charge in [-0.1, -0.05) is 17.4 Å². The van der Waals surface area contributed by atoms with E-state index in [-0.39, 0.29) is 19.3 Å². The summed E-state index contributed by atoms with van der Waals surface area (Å²) >= 11 is 1.08. The van der Waals surface area contributed by atoms with Gasteiger partial charge in [0.15, 0.2) is 11.5 Å². The summed E-state index contributed by atoms with van der Waals surface area (Å²) in [6.45, 7) is 5.65. The van der Waals surface area contributed by atoms with Gasteiger partial charge in [-0.15, -0.1) is 0 Å². The van der Waals surface area contributed by atoms with Gasteiger partial charge in [0, 0.05) is 0 Å². The summed E-state index contributed by atoms with van der Waals surface area (Å²) < 4.78 is 15.7. The molecule has 2 aliphatic rings. The first-order valence-electron chi connectivity index (χ1n) is 8.64. The van der Waals surface area contributed by atoms with Crippen LogP contribution in [0.25, 0.3) is 6.08 Å². The minimum Gasteiger partial charge on any atom is -0.462 e. The number of fused-ring (bicyclic) bond motifs is 1. The summed E-state index contributed by atoms with van der Waals surface area (Å²) in [6.07, 6.45) is 1.75. The molecule has 4 rings (SSSR count). The first kappa shape index (κ1) is 18.2. The first-order valence-corrected chi connectivity index (χ1v) is 9.45. The van der Waals surface area contributed by atoms with E-state index in [1.807, 2.05) is 12.1 Å². The lowest BCUT2D eigenvalue weighted by molar-refractivity contribution is -0.114. The molecular weight excluding hydrogens is 382 g/mol. The van der Waals surface area contributed by atoms with Crippen LogP contribution in [-0.4, -0.2) is 36.0 Å². The van der Waals surface area contributed by atoms with Gasteiger partial charge in [0.25, 0.3) is 5.91 Å². The van der Waals surface area contributed by atoms with Crippen molar-refractivity contribution in [1.29, 1.82) is 0 Å². The van der Waals surface area contributed by atoms with E-state index in [9.17, 15) is 9.59 Å². The first-order chi connectivity index (χ1) is 13.5. The van der Waals surface area contributed by atoms with Gasteiger partial charge >= 0.3 is 5.97 Å². The van der Waals surface area contributed by atoms with Gasteiger partial charge in [-0.25, -0.2) is 9.78 Å². The van der Waals surface area contributed by atoms with Crippen LogP contribution < -0.4 is 14.5 Å². The monoisotopic (exact) mass is 399 g/mol. The number of hydrogen-bond donors (Lipinski definition) is 0. The fourth-order valence-corrected chi connectivity index (χ4v) is 3.75. The average Bonchev–Trinajstić information content (AvgIpc) is 3.35. The molecule has 8 nitrogen and oxygen atoms in total. The van der Waals surface area contributed by atoms with Gasteiger partial charge in [-0.05, 0) is 44.5 Å². The number of carbonyl (C=O) groups is 2. The Morgan fingerprint density at radius 2 is 2.11 bits per heavy atom. The number of thiazole rings is 1. The number of benzene rings is 1. The lowest BCUT2D eigenvalue weighted by Gasteiger charge is -2.06. The zero-order valence-electron chi connectivity index (χ0n) is 15.5. The zero-order chi connectivity index (χ0) is 19.8. The van der Waals surface area contributed by atoms with E-state index in [1.54, 1.807) is 32.9 Å². The summed E-state index contributed by atoms with van der Waals surface area (Å²) in [5, 5.41) is 5.87. The third-order valence-corrected chi connectivity index (χ3v) is 5.31. The number of ether oxygens (including phenoxy) is 3. The average molecular weight is 399 g/mol. The second-order valence-electron chi connectivity index (χ2n) is 6.10. The van der Waals surface area contributed by atoms with Crippen molar-refractivity contribution >= 4 is 40.1 Å². The quantitative estimate of drug-likeness (QED) is 0.579. The van der Waals surface area contributed by atoms with Gasteiger partial charge in [0.2, 0.25) is 11.9 Å². The summed E-state index contributed by atoms with van der Waals surface area (Å²) in [4.78, 5) is 29.6. The number of rotatable bonds is 4. The normalized spacial score (nSPS) is 16.7. The van der Waals surface area contributed by atoms with Gasteiger partial charge in [-0.3, -0.25) is 4.79 Å². The number of aromatic nitrogens is 1. The maximum atomic E-state index is 12.9. The summed E-state index contributed by atoms with van der Waals surface area (Å²) in [5.41, 5.74) is 2.32. The van der Waals surface area contributed by atoms with Crippen LogP contribution in [0.2, 0.25) is 0 Å². The van der Waals surface area contributed by atoms with E-state index in [0.29, 0.717) is 38.5 Å².